The van der Waals surface area contributed by atoms with Crippen LogP contribution in [-0.4, -0.2) is 16.9 Å². The van der Waals surface area contributed by atoms with Gasteiger partial charge in [0.1, 0.15) is 0 Å². The van der Waals surface area contributed by atoms with Crippen LogP contribution in [0.1, 0.15) is 25.3 Å². The number of ether oxygens (including phenoxy) is 1. The number of nitro groups is 1. The van der Waals surface area contributed by atoms with E-state index in [2.05, 4.69) is 15.9 Å². The van der Waals surface area contributed by atoms with E-state index < -0.39 is 22.4 Å². The fourth-order valence-corrected chi connectivity index (χ4v) is 2.29. The SMILES string of the molecule is CCCC(CBr)COc1ccc(C(F)(F)F)cc1[N+](=O)[O-]. The molecule has 1 aromatic rings. The highest BCUT2D eigenvalue weighted by atomic mass is 79.9. The Kier molecular flexibility index (Phi) is 6.44. The molecule has 1 atom stereocenters. The third kappa shape index (κ3) is 5.18. The van der Waals surface area contributed by atoms with E-state index in [9.17, 15) is 23.3 Å². The molecule has 8 heteroatoms. The number of benzene rings is 1. The number of rotatable bonds is 7. The van der Waals surface area contributed by atoms with E-state index in [-0.39, 0.29) is 18.3 Å². The van der Waals surface area contributed by atoms with Gasteiger partial charge in [0.15, 0.2) is 5.75 Å². The first-order valence-corrected chi connectivity index (χ1v) is 7.46. The molecule has 21 heavy (non-hydrogen) atoms. The van der Waals surface area contributed by atoms with Gasteiger partial charge in [-0.25, -0.2) is 0 Å². The molecule has 0 saturated carbocycles. The molecule has 0 spiro atoms. The van der Waals surface area contributed by atoms with Crippen LogP contribution in [0.2, 0.25) is 0 Å². The molecule has 118 valence electrons. The minimum Gasteiger partial charge on any atom is -0.486 e. The maximum Gasteiger partial charge on any atom is 0.416 e. The minimum absolute atomic E-state index is 0.143. The predicted molar refractivity (Wildman–Crippen MR) is 75.8 cm³/mol. The van der Waals surface area contributed by atoms with Crippen LogP contribution in [0.25, 0.3) is 0 Å². The van der Waals surface area contributed by atoms with Crippen molar-refractivity contribution < 1.29 is 22.8 Å². The van der Waals surface area contributed by atoms with E-state index in [1.165, 1.54) is 0 Å². The zero-order valence-electron chi connectivity index (χ0n) is 11.3. The van der Waals surface area contributed by atoms with Crippen LogP contribution in [0.5, 0.6) is 5.75 Å². The van der Waals surface area contributed by atoms with Crippen molar-refractivity contribution in [3.05, 3.63) is 33.9 Å². The molecule has 0 N–H and O–H groups in total. The molecule has 0 amide bonds. The van der Waals surface area contributed by atoms with E-state index in [1.807, 2.05) is 6.92 Å². The maximum absolute atomic E-state index is 12.6. The Balaban J connectivity index is 2.94. The van der Waals surface area contributed by atoms with E-state index >= 15 is 0 Å². The van der Waals surface area contributed by atoms with Crippen molar-refractivity contribution in [3.63, 3.8) is 0 Å². The van der Waals surface area contributed by atoms with E-state index in [1.54, 1.807) is 0 Å². The fourth-order valence-electron chi connectivity index (χ4n) is 1.78. The molecule has 1 rings (SSSR count). The standard InChI is InChI=1S/C13H15BrF3NO3/c1-2-3-9(7-14)8-21-12-5-4-10(13(15,16)17)6-11(12)18(19)20/h4-6,9H,2-3,7-8H2,1H3. The molecule has 0 radical (unpaired) electrons. The molecule has 0 aromatic heterocycles. The van der Waals surface area contributed by atoms with Gasteiger partial charge in [0, 0.05) is 17.3 Å². The molecular weight excluding hydrogens is 355 g/mol. The molecular formula is C13H15BrF3NO3. The first-order chi connectivity index (χ1) is 9.79. The van der Waals surface area contributed by atoms with Crippen molar-refractivity contribution in [3.8, 4) is 5.75 Å². The Morgan fingerprint density at radius 1 is 1.43 bits per heavy atom. The van der Waals surface area contributed by atoms with Crippen molar-refractivity contribution in [2.45, 2.75) is 25.9 Å². The Morgan fingerprint density at radius 3 is 2.57 bits per heavy atom. The summed E-state index contributed by atoms with van der Waals surface area (Å²) in [5.74, 6) is 0.00643. The summed E-state index contributed by atoms with van der Waals surface area (Å²) in [6.07, 6.45) is -2.84. The second kappa shape index (κ2) is 7.63. The smallest absolute Gasteiger partial charge is 0.416 e. The lowest BCUT2D eigenvalue weighted by Crippen LogP contribution is -2.14. The molecule has 0 saturated heterocycles. The highest BCUT2D eigenvalue weighted by Crippen LogP contribution is 2.36. The van der Waals surface area contributed by atoms with Gasteiger partial charge in [0.25, 0.3) is 0 Å². The molecule has 0 fully saturated rings. The zero-order valence-corrected chi connectivity index (χ0v) is 12.9. The summed E-state index contributed by atoms with van der Waals surface area (Å²) in [7, 11) is 0. The second-order valence-electron chi connectivity index (χ2n) is 4.56. The molecule has 1 unspecified atom stereocenters. The van der Waals surface area contributed by atoms with Gasteiger partial charge in [-0.3, -0.25) is 10.1 Å². The van der Waals surface area contributed by atoms with Crippen LogP contribution in [0.3, 0.4) is 0 Å². The number of alkyl halides is 4. The summed E-state index contributed by atoms with van der Waals surface area (Å²) < 4.78 is 43.0. The summed E-state index contributed by atoms with van der Waals surface area (Å²) in [5.41, 5.74) is -1.73. The van der Waals surface area contributed by atoms with Crippen LogP contribution >= 0.6 is 15.9 Å². The van der Waals surface area contributed by atoms with Gasteiger partial charge in [0.05, 0.1) is 17.1 Å². The summed E-state index contributed by atoms with van der Waals surface area (Å²) in [4.78, 5) is 10.0. The number of halogens is 4. The monoisotopic (exact) mass is 369 g/mol. The van der Waals surface area contributed by atoms with Crippen molar-refractivity contribution >= 4 is 21.6 Å². The Hall–Kier alpha value is -1.31. The van der Waals surface area contributed by atoms with Gasteiger partial charge >= 0.3 is 11.9 Å². The van der Waals surface area contributed by atoms with Crippen molar-refractivity contribution in [2.24, 2.45) is 5.92 Å². The highest BCUT2D eigenvalue weighted by molar-refractivity contribution is 9.09. The molecule has 1 aromatic carbocycles. The van der Waals surface area contributed by atoms with Crippen LogP contribution in [0.4, 0.5) is 18.9 Å². The largest absolute Gasteiger partial charge is 0.486 e. The van der Waals surface area contributed by atoms with E-state index in [0.29, 0.717) is 11.4 Å². The van der Waals surface area contributed by atoms with Gasteiger partial charge in [-0.05, 0) is 18.6 Å². The number of hydrogen-bond donors (Lipinski definition) is 0. The third-order valence-corrected chi connectivity index (χ3v) is 3.79. The fraction of sp³-hybridized carbons (Fsp3) is 0.538. The average molecular weight is 370 g/mol. The molecule has 0 aliphatic carbocycles. The molecule has 0 aliphatic rings. The Morgan fingerprint density at radius 2 is 2.10 bits per heavy atom. The van der Waals surface area contributed by atoms with Crippen LogP contribution < -0.4 is 4.74 Å². The topological polar surface area (TPSA) is 52.4 Å². The zero-order chi connectivity index (χ0) is 16.0. The second-order valence-corrected chi connectivity index (χ2v) is 5.20. The lowest BCUT2D eigenvalue weighted by atomic mass is 10.1. The summed E-state index contributed by atoms with van der Waals surface area (Å²) in [5, 5.41) is 11.6. The predicted octanol–water partition coefficient (Wildman–Crippen LogP) is 4.80. The van der Waals surface area contributed by atoms with Crippen LogP contribution in [-0.2, 0) is 6.18 Å². The molecule has 0 heterocycles. The van der Waals surface area contributed by atoms with Crippen molar-refractivity contribution in [1.29, 1.82) is 0 Å². The van der Waals surface area contributed by atoms with E-state index in [4.69, 9.17) is 4.74 Å². The summed E-state index contributed by atoms with van der Waals surface area (Å²) in [6, 6.07) is 2.28. The van der Waals surface area contributed by atoms with Gasteiger partial charge in [-0.1, -0.05) is 29.3 Å². The van der Waals surface area contributed by atoms with Gasteiger partial charge in [-0.2, -0.15) is 13.2 Å². The number of hydrogen-bond acceptors (Lipinski definition) is 3. The number of nitrogens with zero attached hydrogens (tertiary/aromatic N) is 1. The Labute approximate surface area is 128 Å². The molecule has 4 nitrogen and oxygen atoms in total. The van der Waals surface area contributed by atoms with E-state index in [0.717, 1.165) is 25.0 Å². The first-order valence-electron chi connectivity index (χ1n) is 6.34. The minimum atomic E-state index is -4.62. The quantitative estimate of drug-likeness (QED) is 0.394. The van der Waals surface area contributed by atoms with Gasteiger partial charge < -0.3 is 4.74 Å². The summed E-state index contributed by atoms with van der Waals surface area (Å²) in [6.45, 7) is 2.21. The molecule has 0 aliphatic heterocycles. The molecule has 0 bridgehead atoms. The van der Waals surface area contributed by atoms with Gasteiger partial charge in [-0.15, -0.1) is 0 Å². The highest BCUT2D eigenvalue weighted by Gasteiger charge is 2.33. The Bertz CT molecular complexity index is 494. The maximum atomic E-state index is 12.6. The lowest BCUT2D eigenvalue weighted by molar-refractivity contribution is -0.386. The van der Waals surface area contributed by atoms with Crippen molar-refractivity contribution in [1.82, 2.24) is 0 Å². The van der Waals surface area contributed by atoms with Crippen LogP contribution in [0.15, 0.2) is 18.2 Å². The number of nitro benzene ring substituents is 1. The first kappa shape index (κ1) is 17.7. The summed E-state index contributed by atoms with van der Waals surface area (Å²) >= 11 is 3.31. The lowest BCUT2D eigenvalue weighted by Gasteiger charge is -2.15. The van der Waals surface area contributed by atoms with Crippen LogP contribution in [0, 0.1) is 16.0 Å². The van der Waals surface area contributed by atoms with Gasteiger partial charge in [0.2, 0.25) is 0 Å². The third-order valence-electron chi connectivity index (χ3n) is 2.87. The average Bonchev–Trinajstić information content (AvgIpc) is 2.42. The van der Waals surface area contributed by atoms with Crippen molar-refractivity contribution in [2.75, 3.05) is 11.9 Å². The normalized spacial score (nSPS) is 13.0.